The highest BCUT2D eigenvalue weighted by atomic mass is 32.2. The van der Waals surface area contributed by atoms with Crippen LogP contribution in [0.4, 0.5) is 11.4 Å². The van der Waals surface area contributed by atoms with Crippen LogP contribution < -0.4 is 9.62 Å². The molecule has 0 amide bonds. The Morgan fingerprint density at radius 1 is 0.970 bits per heavy atom. The van der Waals surface area contributed by atoms with Crippen LogP contribution >= 0.6 is 0 Å². The Morgan fingerprint density at radius 2 is 1.67 bits per heavy atom. The van der Waals surface area contributed by atoms with E-state index in [1.54, 1.807) is 31.2 Å². The predicted molar refractivity (Wildman–Crippen MR) is 131 cm³/mol. The minimum Gasteiger partial charge on any atom is -0.478 e. The summed E-state index contributed by atoms with van der Waals surface area (Å²) in [5.41, 5.74) is 2.64. The second kappa shape index (κ2) is 9.73. The van der Waals surface area contributed by atoms with Gasteiger partial charge in [-0.25, -0.2) is 13.2 Å². The number of carboxylic acid groups (broad SMARTS) is 1. The maximum atomic E-state index is 12.9. The molecule has 0 spiro atoms. The van der Waals surface area contributed by atoms with Gasteiger partial charge in [-0.2, -0.15) is 0 Å². The fourth-order valence-corrected chi connectivity index (χ4v) is 6.39. The minimum absolute atomic E-state index is 0.118. The smallest absolute Gasteiger partial charge is 0.337 e. The van der Waals surface area contributed by atoms with E-state index >= 15 is 0 Å². The maximum Gasteiger partial charge on any atom is 0.337 e. The number of nitrogens with zero attached hydrogens (tertiary/aromatic N) is 2. The van der Waals surface area contributed by atoms with E-state index in [9.17, 15) is 18.3 Å². The van der Waals surface area contributed by atoms with Crippen LogP contribution in [0.15, 0.2) is 41.3 Å². The van der Waals surface area contributed by atoms with Gasteiger partial charge in [-0.05, 0) is 82.4 Å². The summed E-state index contributed by atoms with van der Waals surface area (Å²) >= 11 is 0. The van der Waals surface area contributed by atoms with E-state index in [1.165, 1.54) is 38.4 Å². The van der Waals surface area contributed by atoms with Crippen LogP contribution in [0.1, 0.15) is 53.6 Å². The van der Waals surface area contributed by atoms with Crippen molar-refractivity contribution < 1.29 is 18.3 Å². The van der Waals surface area contributed by atoms with Crippen molar-refractivity contribution in [1.29, 1.82) is 0 Å². The highest BCUT2D eigenvalue weighted by Crippen LogP contribution is 2.30. The molecule has 0 atom stereocenters. The van der Waals surface area contributed by atoms with Crippen molar-refractivity contribution in [3.8, 4) is 0 Å². The first-order valence-electron chi connectivity index (χ1n) is 11.7. The van der Waals surface area contributed by atoms with Gasteiger partial charge in [0.2, 0.25) is 0 Å². The third-order valence-electron chi connectivity index (χ3n) is 6.81. The number of anilines is 2. The van der Waals surface area contributed by atoms with Crippen molar-refractivity contribution in [1.82, 2.24) is 4.90 Å². The molecule has 0 unspecified atom stereocenters. The largest absolute Gasteiger partial charge is 0.478 e. The zero-order valence-electron chi connectivity index (χ0n) is 19.4. The Labute approximate surface area is 196 Å². The van der Waals surface area contributed by atoms with Crippen LogP contribution in [-0.4, -0.2) is 56.6 Å². The lowest BCUT2D eigenvalue weighted by Gasteiger charge is -2.41. The molecule has 0 radical (unpaired) electrons. The second-order valence-electron chi connectivity index (χ2n) is 9.23. The van der Waals surface area contributed by atoms with E-state index in [-0.39, 0.29) is 16.1 Å². The number of hydrogen-bond donors (Lipinski definition) is 2. The van der Waals surface area contributed by atoms with Crippen molar-refractivity contribution in [3.63, 3.8) is 0 Å². The van der Waals surface area contributed by atoms with Gasteiger partial charge in [0.1, 0.15) is 0 Å². The molecule has 0 aliphatic carbocycles. The molecule has 8 heteroatoms. The van der Waals surface area contributed by atoms with Crippen LogP contribution in [0.25, 0.3) is 0 Å². The van der Waals surface area contributed by atoms with Gasteiger partial charge in [-0.3, -0.25) is 4.72 Å². The molecule has 2 fully saturated rings. The number of nitrogens with one attached hydrogen (secondary N) is 1. The van der Waals surface area contributed by atoms with Crippen LogP contribution in [0.2, 0.25) is 0 Å². The molecule has 33 heavy (non-hydrogen) atoms. The van der Waals surface area contributed by atoms with Gasteiger partial charge in [0.15, 0.2) is 0 Å². The lowest BCUT2D eigenvalue weighted by atomic mass is 9.98. The number of piperidine rings is 2. The van der Waals surface area contributed by atoms with E-state index in [0.717, 1.165) is 31.5 Å². The van der Waals surface area contributed by atoms with Gasteiger partial charge in [-0.1, -0.05) is 24.1 Å². The molecule has 2 aliphatic rings. The lowest BCUT2D eigenvalue weighted by Crippen LogP contribution is -2.47. The summed E-state index contributed by atoms with van der Waals surface area (Å²) in [6, 6.07) is 10.5. The average Bonchev–Trinajstić information content (AvgIpc) is 2.79. The number of benzene rings is 2. The van der Waals surface area contributed by atoms with Crippen LogP contribution in [0.5, 0.6) is 0 Å². The Hall–Kier alpha value is -2.58. The van der Waals surface area contributed by atoms with Crippen molar-refractivity contribution in [2.75, 3.05) is 35.8 Å². The Kier molecular flexibility index (Phi) is 6.95. The fourth-order valence-electron chi connectivity index (χ4n) is 5.11. The first-order valence-corrected chi connectivity index (χ1v) is 13.2. The molecule has 4 rings (SSSR count). The Morgan fingerprint density at radius 3 is 2.30 bits per heavy atom. The first kappa shape index (κ1) is 23.6. The molecule has 7 nitrogen and oxygen atoms in total. The summed E-state index contributed by atoms with van der Waals surface area (Å²) < 4.78 is 28.4. The van der Waals surface area contributed by atoms with Crippen molar-refractivity contribution in [2.24, 2.45) is 0 Å². The SMILES string of the molecule is Cc1ccc(S(=O)(=O)Nc2ccc(N3CCC(N4CCCCC4)CC3)c(C(=O)O)c2)c(C)c1. The standard InChI is InChI=1S/C25H33N3O4S/c1-18-6-9-24(19(2)16-18)33(31,32)26-20-7-8-23(22(17-20)25(29)30)28-14-10-21(11-15-28)27-12-4-3-5-13-27/h6-9,16-17,21,26H,3-5,10-15H2,1-2H3,(H,29,30). The van der Waals surface area contributed by atoms with Gasteiger partial charge in [-0.15, -0.1) is 0 Å². The van der Waals surface area contributed by atoms with Crippen LogP contribution in [-0.2, 0) is 10.0 Å². The van der Waals surface area contributed by atoms with E-state index < -0.39 is 16.0 Å². The Bertz CT molecular complexity index is 1120. The van der Waals surface area contributed by atoms with Crippen molar-refractivity contribution >= 4 is 27.4 Å². The molecule has 2 aromatic carbocycles. The highest BCUT2D eigenvalue weighted by molar-refractivity contribution is 7.92. The normalized spacial score (nSPS) is 18.3. The second-order valence-corrected chi connectivity index (χ2v) is 10.9. The molecule has 2 N–H and O–H groups in total. The van der Waals surface area contributed by atoms with Gasteiger partial charge >= 0.3 is 5.97 Å². The number of carboxylic acids is 1. The molecule has 0 saturated carbocycles. The van der Waals surface area contributed by atoms with Crippen LogP contribution in [0, 0.1) is 13.8 Å². The van der Waals surface area contributed by atoms with Crippen molar-refractivity contribution in [3.05, 3.63) is 53.1 Å². The molecule has 2 aliphatic heterocycles. The molecule has 2 aromatic rings. The lowest BCUT2D eigenvalue weighted by molar-refractivity contribution is 0.0697. The van der Waals surface area contributed by atoms with Gasteiger partial charge in [0.25, 0.3) is 10.0 Å². The average molecular weight is 472 g/mol. The maximum absolute atomic E-state index is 12.9. The molecule has 0 aromatic heterocycles. The van der Waals surface area contributed by atoms with Gasteiger partial charge in [0, 0.05) is 24.8 Å². The number of carbonyl (C=O) groups is 1. The van der Waals surface area contributed by atoms with Crippen LogP contribution in [0.3, 0.4) is 0 Å². The third-order valence-corrected chi connectivity index (χ3v) is 8.35. The van der Waals surface area contributed by atoms with E-state index in [0.29, 0.717) is 17.3 Å². The number of hydrogen-bond acceptors (Lipinski definition) is 5. The van der Waals surface area contributed by atoms with E-state index in [4.69, 9.17) is 0 Å². The predicted octanol–water partition coefficient (Wildman–Crippen LogP) is 4.26. The molecular formula is C25H33N3O4S. The molecule has 2 heterocycles. The van der Waals surface area contributed by atoms with E-state index in [1.807, 2.05) is 13.0 Å². The fraction of sp³-hybridized carbons (Fsp3) is 0.480. The first-order chi connectivity index (χ1) is 15.7. The number of aromatic carboxylic acids is 1. The quantitative estimate of drug-likeness (QED) is 0.654. The Balaban J connectivity index is 1.50. The molecule has 178 valence electrons. The summed E-state index contributed by atoms with van der Waals surface area (Å²) in [4.78, 5) is 16.9. The number of likely N-dealkylation sites (tertiary alicyclic amines) is 1. The minimum atomic E-state index is -3.82. The van der Waals surface area contributed by atoms with Gasteiger partial charge < -0.3 is 14.9 Å². The number of sulfonamides is 1. The summed E-state index contributed by atoms with van der Waals surface area (Å²) in [5, 5.41) is 9.85. The number of aryl methyl sites for hydroxylation is 2. The zero-order chi connectivity index (χ0) is 23.6. The topological polar surface area (TPSA) is 90.0 Å². The summed E-state index contributed by atoms with van der Waals surface area (Å²) in [6.07, 6.45) is 5.88. The summed E-state index contributed by atoms with van der Waals surface area (Å²) in [5.74, 6) is -1.06. The van der Waals surface area contributed by atoms with E-state index in [2.05, 4.69) is 14.5 Å². The molecule has 0 bridgehead atoms. The highest BCUT2D eigenvalue weighted by Gasteiger charge is 2.28. The zero-order valence-corrected chi connectivity index (χ0v) is 20.2. The molecular weight excluding hydrogens is 438 g/mol. The number of rotatable bonds is 6. The third kappa shape index (κ3) is 5.33. The summed E-state index contributed by atoms with van der Waals surface area (Å²) in [7, 11) is -3.82. The molecule has 2 saturated heterocycles. The monoisotopic (exact) mass is 471 g/mol. The van der Waals surface area contributed by atoms with Gasteiger partial charge in [0.05, 0.1) is 16.1 Å². The van der Waals surface area contributed by atoms with Crippen molar-refractivity contribution in [2.45, 2.75) is 56.9 Å². The summed E-state index contributed by atoms with van der Waals surface area (Å²) in [6.45, 7) is 7.59.